The van der Waals surface area contributed by atoms with Crippen molar-refractivity contribution < 1.29 is 9.72 Å². The Morgan fingerprint density at radius 1 is 1.32 bits per heavy atom. The first-order valence-corrected chi connectivity index (χ1v) is 6.23. The number of nitro benzene ring substituents is 1. The van der Waals surface area contributed by atoms with Crippen molar-refractivity contribution in [3.05, 3.63) is 51.7 Å². The van der Waals surface area contributed by atoms with Crippen LogP contribution in [0.15, 0.2) is 35.8 Å². The molecule has 3 rings (SSSR count). The van der Waals surface area contributed by atoms with Crippen LogP contribution in [-0.2, 0) is 0 Å². The van der Waals surface area contributed by atoms with E-state index >= 15 is 0 Å². The molecular formula is C12H7N3O3S. The number of hydrogen-bond acceptors (Lipinski definition) is 5. The maximum absolute atomic E-state index is 10.7. The van der Waals surface area contributed by atoms with Gasteiger partial charge in [-0.2, -0.15) is 0 Å². The van der Waals surface area contributed by atoms with Gasteiger partial charge in [0.25, 0.3) is 5.69 Å². The molecule has 0 saturated carbocycles. The number of carbonyl (C=O) groups is 1. The van der Waals surface area contributed by atoms with Gasteiger partial charge in [-0.1, -0.05) is 0 Å². The van der Waals surface area contributed by atoms with Gasteiger partial charge in [0.2, 0.25) is 0 Å². The van der Waals surface area contributed by atoms with Crippen LogP contribution in [-0.4, -0.2) is 20.6 Å². The van der Waals surface area contributed by atoms with Crippen molar-refractivity contribution in [3.63, 3.8) is 0 Å². The van der Waals surface area contributed by atoms with Crippen LogP contribution >= 0.6 is 11.3 Å². The average molecular weight is 273 g/mol. The summed E-state index contributed by atoms with van der Waals surface area (Å²) < 4.78 is 1.80. The Kier molecular flexibility index (Phi) is 2.60. The minimum Gasteiger partial charge on any atom is -0.296 e. The van der Waals surface area contributed by atoms with E-state index in [-0.39, 0.29) is 5.69 Å². The number of rotatable bonds is 3. The van der Waals surface area contributed by atoms with E-state index in [1.165, 1.54) is 23.5 Å². The molecule has 0 unspecified atom stereocenters. The Morgan fingerprint density at radius 2 is 2.05 bits per heavy atom. The molecule has 2 aromatic heterocycles. The van der Waals surface area contributed by atoms with E-state index in [0.717, 1.165) is 16.2 Å². The number of non-ortho nitro benzene ring substituents is 1. The summed E-state index contributed by atoms with van der Waals surface area (Å²) in [4.78, 5) is 25.7. The van der Waals surface area contributed by atoms with E-state index in [2.05, 4.69) is 4.98 Å². The molecule has 7 heteroatoms. The summed E-state index contributed by atoms with van der Waals surface area (Å²) in [6.07, 6.45) is 2.34. The number of thiazole rings is 1. The molecule has 0 radical (unpaired) electrons. The molecule has 0 amide bonds. The normalized spacial score (nSPS) is 10.7. The zero-order valence-electron chi connectivity index (χ0n) is 9.52. The standard InChI is InChI=1S/C12H7N3O3S/c16-6-9-5-14-11(7-19-12(14)13-9)8-1-3-10(4-2-8)15(17)18/h1-7H. The van der Waals surface area contributed by atoms with Crippen molar-refractivity contribution in [1.29, 1.82) is 0 Å². The molecule has 0 saturated heterocycles. The summed E-state index contributed by atoms with van der Waals surface area (Å²) in [6.45, 7) is 0. The third-order valence-corrected chi connectivity index (χ3v) is 3.56. The molecule has 0 aliphatic rings. The second kappa shape index (κ2) is 4.29. The van der Waals surface area contributed by atoms with Crippen LogP contribution < -0.4 is 0 Å². The summed E-state index contributed by atoms with van der Waals surface area (Å²) in [6, 6.07) is 6.27. The van der Waals surface area contributed by atoms with Crippen molar-refractivity contribution in [2.45, 2.75) is 0 Å². The summed E-state index contributed by atoms with van der Waals surface area (Å²) in [5.74, 6) is 0. The molecule has 0 N–H and O–H groups in total. The summed E-state index contributed by atoms with van der Waals surface area (Å²) in [7, 11) is 0. The predicted octanol–water partition coefficient (Wildman–Crippen LogP) is 2.78. The second-order valence-electron chi connectivity index (χ2n) is 3.86. The van der Waals surface area contributed by atoms with Crippen molar-refractivity contribution in [2.24, 2.45) is 0 Å². The number of aldehydes is 1. The molecule has 0 spiro atoms. The van der Waals surface area contributed by atoms with Gasteiger partial charge in [-0.3, -0.25) is 19.3 Å². The van der Waals surface area contributed by atoms with Gasteiger partial charge in [0, 0.05) is 23.7 Å². The average Bonchev–Trinajstić information content (AvgIpc) is 2.98. The summed E-state index contributed by atoms with van der Waals surface area (Å²) in [5.41, 5.74) is 2.12. The molecule has 0 aliphatic carbocycles. The quantitative estimate of drug-likeness (QED) is 0.417. The van der Waals surface area contributed by atoms with Gasteiger partial charge in [0.05, 0.1) is 10.6 Å². The smallest absolute Gasteiger partial charge is 0.269 e. The predicted molar refractivity (Wildman–Crippen MR) is 70.5 cm³/mol. The topological polar surface area (TPSA) is 77.5 Å². The first-order valence-electron chi connectivity index (χ1n) is 5.35. The van der Waals surface area contributed by atoms with E-state index in [4.69, 9.17) is 0 Å². The lowest BCUT2D eigenvalue weighted by molar-refractivity contribution is -0.384. The number of aromatic nitrogens is 2. The number of carbonyl (C=O) groups excluding carboxylic acids is 1. The first-order chi connectivity index (χ1) is 9.19. The molecule has 6 nitrogen and oxygen atoms in total. The minimum absolute atomic E-state index is 0.0504. The fourth-order valence-corrected chi connectivity index (χ4v) is 2.71. The van der Waals surface area contributed by atoms with Gasteiger partial charge in [-0.15, -0.1) is 11.3 Å². The largest absolute Gasteiger partial charge is 0.296 e. The molecular weight excluding hydrogens is 266 g/mol. The van der Waals surface area contributed by atoms with Gasteiger partial charge < -0.3 is 0 Å². The van der Waals surface area contributed by atoms with E-state index < -0.39 is 4.92 Å². The fraction of sp³-hybridized carbons (Fsp3) is 0. The van der Waals surface area contributed by atoms with Crippen molar-refractivity contribution >= 4 is 28.3 Å². The van der Waals surface area contributed by atoms with Crippen LogP contribution in [0.5, 0.6) is 0 Å². The maximum atomic E-state index is 10.7. The van der Waals surface area contributed by atoms with E-state index in [9.17, 15) is 14.9 Å². The Balaban J connectivity index is 2.10. The van der Waals surface area contributed by atoms with Gasteiger partial charge >= 0.3 is 0 Å². The monoisotopic (exact) mass is 273 g/mol. The summed E-state index contributed by atoms with van der Waals surface area (Å²) in [5, 5.41) is 12.5. The lowest BCUT2D eigenvalue weighted by atomic mass is 10.1. The molecule has 19 heavy (non-hydrogen) atoms. The zero-order valence-corrected chi connectivity index (χ0v) is 10.3. The third kappa shape index (κ3) is 1.89. The van der Waals surface area contributed by atoms with Gasteiger partial charge in [-0.05, 0) is 17.7 Å². The molecule has 94 valence electrons. The zero-order chi connectivity index (χ0) is 13.4. The number of hydrogen-bond donors (Lipinski definition) is 0. The summed E-state index contributed by atoms with van der Waals surface area (Å²) >= 11 is 1.41. The molecule has 0 aliphatic heterocycles. The van der Waals surface area contributed by atoms with Gasteiger partial charge in [0.1, 0.15) is 5.69 Å². The third-order valence-electron chi connectivity index (χ3n) is 2.72. The molecule has 0 atom stereocenters. The Morgan fingerprint density at radius 3 is 2.68 bits per heavy atom. The highest BCUT2D eigenvalue weighted by Gasteiger charge is 2.11. The highest BCUT2D eigenvalue weighted by atomic mass is 32.1. The van der Waals surface area contributed by atoms with Crippen LogP contribution in [0.1, 0.15) is 10.5 Å². The molecule has 2 heterocycles. The number of nitrogens with zero attached hydrogens (tertiary/aromatic N) is 3. The lowest BCUT2D eigenvalue weighted by Crippen LogP contribution is -1.88. The first kappa shape index (κ1) is 11.5. The SMILES string of the molecule is O=Cc1cn2c(-c3ccc([N+](=O)[O-])cc3)csc2n1. The van der Waals surface area contributed by atoms with Crippen LogP contribution in [0.4, 0.5) is 5.69 Å². The minimum atomic E-state index is -0.436. The fourth-order valence-electron chi connectivity index (χ4n) is 1.82. The number of benzene rings is 1. The lowest BCUT2D eigenvalue weighted by Gasteiger charge is -1.99. The van der Waals surface area contributed by atoms with E-state index in [1.54, 1.807) is 22.7 Å². The number of fused-ring (bicyclic) bond motifs is 1. The Labute approximate surface area is 111 Å². The Bertz CT molecular complexity index is 773. The highest BCUT2D eigenvalue weighted by Crippen LogP contribution is 2.27. The molecule has 1 aromatic carbocycles. The second-order valence-corrected chi connectivity index (χ2v) is 4.70. The van der Waals surface area contributed by atoms with Crippen LogP contribution in [0.2, 0.25) is 0 Å². The van der Waals surface area contributed by atoms with Crippen LogP contribution in [0.3, 0.4) is 0 Å². The highest BCUT2D eigenvalue weighted by molar-refractivity contribution is 7.15. The molecule has 0 bridgehead atoms. The molecule has 3 aromatic rings. The van der Waals surface area contributed by atoms with Crippen LogP contribution in [0.25, 0.3) is 16.2 Å². The Hall–Kier alpha value is -2.54. The number of imidazole rings is 1. The van der Waals surface area contributed by atoms with Gasteiger partial charge in [-0.25, -0.2) is 4.98 Å². The van der Waals surface area contributed by atoms with Crippen molar-refractivity contribution in [1.82, 2.24) is 9.38 Å². The molecule has 0 fully saturated rings. The van der Waals surface area contributed by atoms with Crippen molar-refractivity contribution in [3.8, 4) is 11.3 Å². The van der Waals surface area contributed by atoms with E-state index in [0.29, 0.717) is 12.0 Å². The van der Waals surface area contributed by atoms with Crippen LogP contribution in [0, 0.1) is 10.1 Å². The van der Waals surface area contributed by atoms with Crippen molar-refractivity contribution in [2.75, 3.05) is 0 Å². The van der Waals surface area contributed by atoms with Gasteiger partial charge in [0.15, 0.2) is 11.2 Å². The maximum Gasteiger partial charge on any atom is 0.269 e. The number of nitro groups is 1. The van der Waals surface area contributed by atoms with E-state index in [1.807, 2.05) is 5.38 Å².